The molecule has 1 heterocycles. The van der Waals surface area contributed by atoms with Gasteiger partial charge >= 0.3 is 0 Å². The van der Waals surface area contributed by atoms with Crippen LogP contribution in [0.15, 0.2) is 53.7 Å². The van der Waals surface area contributed by atoms with E-state index in [0.717, 1.165) is 16.8 Å². The normalized spacial score (nSPS) is 11.7. The van der Waals surface area contributed by atoms with Gasteiger partial charge in [-0.3, -0.25) is 9.59 Å². The van der Waals surface area contributed by atoms with Crippen molar-refractivity contribution < 1.29 is 9.59 Å². The standard InChI is InChI=1S/C23H27N5O2S/c1-5-28-21(17(4)24-22(30)18-8-6-7-16(3)13-18)26-27-23(28)31-14-20(29)25-19-11-9-15(2)10-12-19/h6-13,17H,5,14H2,1-4H3,(H,24,30)(H,25,29)/t17-/m1/s1. The molecule has 1 atom stereocenters. The minimum atomic E-state index is -0.323. The average molecular weight is 438 g/mol. The highest BCUT2D eigenvalue weighted by molar-refractivity contribution is 7.99. The molecule has 0 aliphatic heterocycles. The van der Waals surface area contributed by atoms with Gasteiger partial charge in [0.1, 0.15) is 0 Å². The number of benzene rings is 2. The molecule has 162 valence electrons. The van der Waals surface area contributed by atoms with Crippen LogP contribution in [0.5, 0.6) is 0 Å². The summed E-state index contributed by atoms with van der Waals surface area (Å²) in [4.78, 5) is 24.9. The fraction of sp³-hybridized carbons (Fsp3) is 0.304. The second-order valence-electron chi connectivity index (χ2n) is 7.35. The molecule has 0 fully saturated rings. The SMILES string of the molecule is CCn1c(SCC(=O)Nc2ccc(C)cc2)nnc1[C@@H](C)NC(=O)c1cccc(C)c1. The number of amides is 2. The van der Waals surface area contributed by atoms with Gasteiger partial charge in [-0.25, -0.2) is 0 Å². The molecule has 3 aromatic rings. The molecule has 0 bridgehead atoms. The molecule has 2 aromatic carbocycles. The second kappa shape index (κ2) is 10.3. The first-order chi connectivity index (χ1) is 14.9. The lowest BCUT2D eigenvalue weighted by molar-refractivity contribution is -0.113. The van der Waals surface area contributed by atoms with E-state index in [9.17, 15) is 9.59 Å². The van der Waals surface area contributed by atoms with E-state index in [0.29, 0.717) is 23.1 Å². The average Bonchev–Trinajstić information content (AvgIpc) is 3.17. The van der Waals surface area contributed by atoms with Gasteiger partial charge in [-0.15, -0.1) is 10.2 Å². The van der Waals surface area contributed by atoms with Crippen molar-refractivity contribution in [3.8, 4) is 0 Å². The van der Waals surface area contributed by atoms with E-state index >= 15 is 0 Å². The molecule has 0 saturated heterocycles. The zero-order valence-electron chi connectivity index (χ0n) is 18.2. The first-order valence-electron chi connectivity index (χ1n) is 10.2. The van der Waals surface area contributed by atoms with Crippen molar-refractivity contribution in [2.75, 3.05) is 11.1 Å². The highest BCUT2D eigenvalue weighted by Gasteiger charge is 2.20. The monoisotopic (exact) mass is 437 g/mol. The van der Waals surface area contributed by atoms with Gasteiger partial charge in [-0.2, -0.15) is 0 Å². The number of thioether (sulfide) groups is 1. The van der Waals surface area contributed by atoms with Gasteiger partial charge in [-0.1, -0.05) is 47.2 Å². The maximum Gasteiger partial charge on any atom is 0.251 e. The molecule has 2 N–H and O–H groups in total. The Morgan fingerprint density at radius 2 is 1.81 bits per heavy atom. The number of rotatable bonds is 8. The lowest BCUT2D eigenvalue weighted by Crippen LogP contribution is -2.28. The van der Waals surface area contributed by atoms with Gasteiger partial charge in [0.05, 0.1) is 11.8 Å². The molecular weight excluding hydrogens is 410 g/mol. The molecule has 1 aromatic heterocycles. The number of nitrogens with zero attached hydrogens (tertiary/aromatic N) is 3. The van der Waals surface area contributed by atoms with Crippen molar-refractivity contribution in [2.24, 2.45) is 0 Å². The summed E-state index contributed by atoms with van der Waals surface area (Å²) >= 11 is 1.32. The van der Waals surface area contributed by atoms with Gasteiger partial charge in [-0.05, 0) is 52.0 Å². The summed E-state index contributed by atoms with van der Waals surface area (Å²) in [6, 6.07) is 14.8. The number of aryl methyl sites for hydroxylation is 2. The minimum absolute atomic E-state index is 0.109. The van der Waals surface area contributed by atoms with Crippen LogP contribution in [0.25, 0.3) is 0 Å². The summed E-state index contributed by atoms with van der Waals surface area (Å²) < 4.78 is 1.92. The minimum Gasteiger partial charge on any atom is -0.342 e. The predicted octanol–water partition coefficient (Wildman–Crippen LogP) is 4.14. The summed E-state index contributed by atoms with van der Waals surface area (Å²) in [5.41, 5.74) is 3.54. The van der Waals surface area contributed by atoms with Crippen LogP contribution in [0.1, 0.15) is 47.2 Å². The molecule has 0 aliphatic carbocycles. The van der Waals surface area contributed by atoms with E-state index in [-0.39, 0.29) is 23.6 Å². The summed E-state index contributed by atoms with van der Waals surface area (Å²) in [6.45, 7) is 8.45. The van der Waals surface area contributed by atoms with E-state index in [1.54, 1.807) is 6.07 Å². The Morgan fingerprint density at radius 1 is 1.06 bits per heavy atom. The van der Waals surface area contributed by atoms with Crippen LogP contribution in [0.3, 0.4) is 0 Å². The smallest absolute Gasteiger partial charge is 0.251 e. The van der Waals surface area contributed by atoms with Crippen molar-refractivity contribution in [1.82, 2.24) is 20.1 Å². The molecule has 31 heavy (non-hydrogen) atoms. The third-order valence-corrected chi connectivity index (χ3v) is 5.71. The number of anilines is 1. The third kappa shape index (κ3) is 5.95. The fourth-order valence-corrected chi connectivity index (χ4v) is 3.93. The maximum atomic E-state index is 12.6. The summed E-state index contributed by atoms with van der Waals surface area (Å²) in [6.07, 6.45) is 0. The molecule has 8 heteroatoms. The number of nitrogens with one attached hydrogen (secondary N) is 2. The van der Waals surface area contributed by atoms with Crippen LogP contribution in [-0.4, -0.2) is 32.3 Å². The topological polar surface area (TPSA) is 88.9 Å². The summed E-state index contributed by atoms with van der Waals surface area (Å²) in [5, 5.41) is 15.0. The van der Waals surface area contributed by atoms with Gasteiger partial charge in [0.25, 0.3) is 5.91 Å². The Morgan fingerprint density at radius 3 is 2.48 bits per heavy atom. The highest BCUT2D eigenvalue weighted by Crippen LogP contribution is 2.21. The van der Waals surface area contributed by atoms with Gasteiger partial charge in [0, 0.05) is 17.8 Å². The van der Waals surface area contributed by atoms with Crippen LogP contribution in [0, 0.1) is 13.8 Å². The molecule has 0 radical (unpaired) electrons. The van der Waals surface area contributed by atoms with Gasteiger partial charge < -0.3 is 15.2 Å². The van der Waals surface area contributed by atoms with Crippen molar-refractivity contribution in [3.05, 3.63) is 71.0 Å². The molecule has 0 unspecified atom stereocenters. The lowest BCUT2D eigenvalue weighted by Gasteiger charge is -2.15. The Balaban J connectivity index is 1.62. The maximum absolute atomic E-state index is 12.6. The quantitative estimate of drug-likeness (QED) is 0.517. The Kier molecular flexibility index (Phi) is 7.46. The first kappa shape index (κ1) is 22.6. The Hall–Kier alpha value is -3.13. The van der Waals surface area contributed by atoms with E-state index in [4.69, 9.17) is 0 Å². The van der Waals surface area contributed by atoms with Gasteiger partial charge in [0.2, 0.25) is 5.91 Å². The zero-order valence-corrected chi connectivity index (χ0v) is 19.0. The second-order valence-corrected chi connectivity index (χ2v) is 8.30. The first-order valence-corrected chi connectivity index (χ1v) is 11.2. The number of hydrogen-bond donors (Lipinski definition) is 2. The molecule has 0 saturated carbocycles. The molecule has 0 spiro atoms. The number of aromatic nitrogens is 3. The van der Waals surface area contributed by atoms with Crippen molar-refractivity contribution >= 4 is 29.3 Å². The van der Waals surface area contributed by atoms with E-state index < -0.39 is 0 Å². The van der Waals surface area contributed by atoms with Crippen molar-refractivity contribution in [1.29, 1.82) is 0 Å². The lowest BCUT2D eigenvalue weighted by atomic mass is 10.1. The Bertz CT molecular complexity index is 1060. The van der Waals surface area contributed by atoms with Crippen molar-refractivity contribution in [3.63, 3.8) is 0 Å². The van der Waals surface area contributed by atoms with Crippen molar-refractivity contribution in [2.45, 2.75) is 45.4 Å². The van der Waals surface area contributed by atoms with E-state index in [1.165, 1.54) is 11.8 Å². The number of carbonyl (C=O) groups is 2. The van der Waals surface area contributed by atoms with E-state index in [2.05, 4.69) is 20.8 Å². The largest absolute Gasteiger partial charge is 0.342 e. The van der Waals surface area contributed by atoms with E-state index in [1.807, 2.05) is 74.7 Å². The summed E-state index contributed by atoms with van der Waals surface area (Å²) in [5.74, 6) is 0.607. The number of hydrogen-bond acceptors (Lipinski definition) is 5. The number of carbonyl (C=O) groups excluding carboxylic acids is 2. The van der Waals surface area contributed by atoms with Crippen LogP contribution >= 0.6 is 11.8 Å². The van der Waals surface area contributed by atoms with Gasteiger partial charge in [0.15, 0.2) is 11.0 Å². The van der Waals surface area contributed by atoms with Crippen LogP contribution in [0.2, 0.25) is 0 Å². The van der Waals surface area contributed by atoms with Crippen LogP contribution in [-0.2, 0) is 11.3 Å². The Labute approximate surface area is 186 Å². The third-order valence-electron chi connectivity index (χ3n) is 4.74. The highest BCUT2D eigenvalue weighted by atomic mass is 32.2. The summed E-state index contributed by atoms with van der Waals surface area (Å²) in [7, 11) is 0. The predicted molar refractivity (Wildman–Crippen MR) is 123 cm³/mol. The molecular formula is C23H27N5O2S. The fourth-order valence-electron chi connectivity index (χ4n) is 3.12. The molecule has 3 rings (SSSR count). The molecule has 7 nitrogen and oxygen atoms in total. The van der Waals surface area contributed by atoms with Crippen LogP contribution in [0.4, 0.5) is 5.69 Å². The van der Waals surface area contributed by atoms with Crippen LogP contribution < -0.4 is 10.6 Å². The molecule has 0 aliphatic rings. The zero-order chi connectivity index (χ0) is 22.4. The molecule has 2 amide bonds.